The molecule has 3 atom stereocenters. The minimum atomic E-state index is -0.0297. The standard InChI is InChI=1S/C16H24ClN3O2/c1-9-13(16(2,3)14(9)22-5)20-15(18)19-10-6-7-12(21-4)11(17)8-10/h6-9,13-14H,1-5H3,(H3,18,19,20). The molecule has 1 fully saturated rings. The Morgan fingerprint density at radius 3 is 2.55 bits per heavy atom. The second-order valence-electron chi connectivity index (χ2n) is 6.27. The fourth-order valence-electron chi connectivity index (χ4n) is 3.45. The van der Waals surface area contributed by atoms with E-state index in [1.54, 1.807) is 26.4 Å². The molecule has 0 saturated heterocycles. The van der Waals surface area contributed by atoms with E-state index in [0.717, 1.165) is 5.69 Å². The average Bonchev–Trinajstić information content (AvgIpc) is 2.45. The molecule has 0 aliphatic heterocycles. The van der Waals surface area contributed by atoms with Crippen molar-refractivity contribution in [3.05, 3.63) is 23.2 Å². The van der Waals surface area contributed by atoms with Gasteiger partial charge < -0.3 is 20.5 Å². The van der Waals surface area contributed by atoms with E-state index in [1.165, 1.54) is 0 Å². The summed E-state index contributed by atoms with van der Waals surface area (Å²) in [6, 6.07) is 5.52. The number of nitrogens with two attached hydrogens (primary N) is 1. The molecule has 6 heteroatoms. The predicted octanol–water partition coefficient (Wildman–Crippen LogP) is 3.13. The lowest BCUT2D eigenvalue weighted by Gasteiger charge is -2.54. The van der Waals surface area contributed by atoms with Crippen LogP contribution >= 0.6 is 11.6 Å². The first-order chi connectivity index (χ1) is 10.3. The second-order valence-corrected chi connectivity index (χ2v) is 6.68. The first-order valence-corrected chi connectivity index (χ1v) is 7.65. The third kappa shape index (κ3) is 3.01. The van der Waals surface area contributed by atoms with Crippen molar-refractivity contribution >= 4 is 23.2 Å². The zero-order valence-electron chi connectivity index (χ0n) is 13.7. The van der Waals surface area contributed by atoms with E-state index >= 15 is 0 Å². The number of guanidine groups is 1. The molecule has 1 aliphatic carbocycles. The van der Waals surface area contributed by atoms with Crippen LogP contribution in [-0.4, -0.2) is 32.3 Å². The fourth-order valence-corrected chi connectivity index (χ4v) is 3.70. The third-order valence-electron chi connectivity index (χ3n) is 4.43. The van der Waals surface area contributed by atoms with Gasteiger partial charge in [-0.2, -0.15) is 0 Å². The number of hydrogen-bond acceptors (Lipinski definition) is 3. The Bertz CT molecular complexity index is 575. The van der Waals surface area contributed by atoms with Crippen molar-refractivity contribution in [3.8, 4) is 5.75 Å². The highest BCUT2D eigenvalue weighted by atomic mass is 35.5. The Morgan fingerprint density at radius 1 is 1.36 bits per heavy atom. The highest BCUT2D eigenvalue weighted by molar-refractivity contribution is 6.32. The second kappa shape index (κ2) is 6.34. The monoisotopic (exact) mass is 325 g/mol. The summed E-state index contributed by atoms with van der Waals surface area (Å²) in [5.74, 6) is 1.33. The zero-order valence-corrected chi connectivity index (χ0v) is 14.4. The van der Waals surface area contributed by atoms with Gasteiger partial charge in [0.15, 0.2) is 5.96 Å². The number of halogens is 1. The van der Waals surface area contributed by atoms with Crippen LogP contribution in [0.15, 0.2) is 23.2 Å². The number of anilines is 1. The predicted molar refractivity (Wildman–Crippen MR) is 90.8 cm³/mol. The van der Waals surface area contributed by atoms with Crippen molar-refractivity contribution in [2.24, 2.45) is 22.1 Å². The minimum absolute atomic E-state index is 0.0297. The van der Waals surface area contributed by atoms with Gasteiger partial charge in [-0.1, -0.05) is 32.4 Å². The van der Waals surface area contributed by atoms with Gasteiger partial charge in [0.25, 0.3) is 0 Å². The van der Waals surface area contributed by atoms with Gasteiger partial charge in [-0.05, 0) is 18.2 Å². The number of methoxy groups -OCH3 is 2. The molecule has 0 heterocycles. The van der Waals surface area contributed by atoms with Gasteiger partial charge in [-0.25, -0.2) is 4.99 Å². The number of hydrogen-bond donors (Lipinski definition) is 2. The molecular weight excluding hydrogens is 302 g/mol. The summed E-state index contributed by atoms with van der Waals surface area (Å²) in [6.07, 6.45) is 0.199. The first kappa shape index (κ1) is 16.9. The molecule has 22 heavy (non-hydrogen) atoms. The molecule has 1 aromatic rings. The molecule has 2 rings (SSSR count). The maximum absolute atomic E-state index is 6.10. The van der Waals surface area contributed by atoms with E-state index in [-0.39, 0.29) is 17.6 Å². The molecule has 122 valence electrons. The molecule has 0 bridgehead atoms. The molecule has 3 N–H and O–H groups in total. The van der Waals surface area contributed by atoms with Crippen molar-refractivity contribution in [1.29, 1.82) is 0 Å². The summed E-state index contributed by atoms with van der Waals surface area (Å²) < 4.78 is 10.6. The highest BCUT2D eigenvalue weighted by Gasteiger charge is 2.54. The molecule has 5 nitrogen and oxygen atoms in total. The van der Waals surface area contributed by atoms with Gasteiger partial charge in [0.1, 0.15) is 5.75 Å². The maximum Gasteiger partial charge on any atom is 0.193 e. The number of nitrogens with zero attached hydrogens (tertiary/aromatic N) is 1. The van der Waals surface area contributed by atoms with Crippen LogP contribution in [0.5, 0.6) is 5.75 Å². The lowest BCUT2D eigenvalue weighted by molar-refractivity contribution is -0.132. The number of ether oxygens (including phenoxy) is 2. The van der Waals surface area contributed by atoms with Crippen LogP contribution < -0.4 is 15.8 Å². The molecule has 0 amide bonds. The summed E-state index contributed by atoms with van der Waals surface area (Å²) in [4.78, 5) is 4.61. The quantitative estimate of drug-likeness (QED) is 0.659. The summed E-state index contributed by atoms with van der Waals surface area (Å²) in [5.41, 5.74) is 6.78. The summed E-state index contributed by atoms with van der Waals surface area (Å²) >= 11 is 6.10. The Hall–Kier alpha value is -1.46. The van der Waals surface area contributed by atoms with Crippen molar-refractivity contribution in [3.63, 3.8) is 0 Å². The van der Waals surface area contributed by atoms with E-state index in [1.807, 2.05) is 6.07 Å². The third-order valence-corrected chi connectivity index (χ3v) is 4.72. The van der Waals surface area contributed by atoms with Crippen LogP contribution in [0, 0.1) is 11.3 Å². The molecule has 0 radical (unpaired) electrons. The van der Waals surface area contributed by atoms with E-state index in [4.69, 9.17) is 26.8 Å². The summed E-state index contributed by atoms with van der Waals surface area (Å²) in [6.45, 7) is 6.42. The van der Waals surface area contributed by atoms with E-state index in [0.29, 0.717) is 22.6 Å². The zero-order chi connectivity index (χ0) is 16.5. The van der Waals surface area contributed by atoms with Gasteiger partial charge in [-0.15, -0.1) is 0 Å². The van der Waals surface area contributed by atoms with Crippen LogP contribution in [0.25, 0.3) is 0 Å². The van der Waals surface area contributed by atoms with Crippen LogP contribution in [0.1, 0.15) is 20.8 Å². The smallest absolute Gasteiger partial charge is 0.193 e. The Labute approximate surface area is 136 Å². The highest BCUT2D eigenvalue weighted by Crippen LogP contribution is 2.48. The Morgan fingerprint density at radius 2 is 2.05 bits per heavy atom. The average molecular weight is 326 g/mol. The Balaban J connectivity index is 2.09. The molecule has 3 unspecified atom stereocenters. The van der Waals surface area contributed by atoms with Crippen molar-refractivity contribution in [2.75, 3.05) is 19.5 Å². The largest absolute Gasteiger partial charge is 0.495 e. The molecule has 0 aromatic heterocycles. The van der Waals surface area contributed by atoms with Gasteiger partial charge in [0, 0.05) is 24.1 Å². The van der Waals surface area contributed by atoms with E-state index < -0.39 is 0 Å². The minimum Gasteiger partial charge on any atom is -0.495 e. The Kier molecular flexibility index (Phi) is 4.87. The number of benzene rings is 1. The first-order valence-electron chi connectivity index (χ1n) is 7.28. The van der Waals surface area contributed by atoms with Gasteiger partial charge >= 0.3 is 0 Å². The van der Waals surface area contributed by atoms with Crippen molar-refractivity contribution in [2.45, 2.75) is 32.9 Å². The molecule has 0 spiro atoms. The van der Waals surface area contributed by atoms with E-state index in [2.05, 4.69) is 31.1 Å². The maximum atomic E-state index is 6.10. The van der Waals surface area contributed by atoms with E-state index in [9.17, 15) is 0 Å². The van der Waals surface area contributed by atoms with Crippen molar-refractivity contribution < 1.29 is 9.47 Å². The van der Waals surface area contributed by atoms with Crippen LogP contribution in [0.3, 0.4) is 0 Å². The van der Waals surface area contributed by atoms with Gasteiger partial charge in [0.05, 0.1) is 24.3 Å². The molecule has 1 aliphatic rings. The molecular formula is C16H24ClN3O2. The van der Waals surface area contributed by atoms with Gasteiger partial charge in [0.2, 0.25) is 0 Å². The normalized spacial score (nSPS) is 27.2. The summed E-state index contributed by atoms with van der Waals surface area (Å²) in [5, 5.41) is 3.60. The topological polar surface area (TPSA) is 68.9 Å². The lowest BCUT2D eigenvalue weighted by atomic mass is 9.58. The SMILES string of the molecule is COc1ccc(NC(N)=NC2C(C)C(OC)C2(C)C)cc1Cl. The number of rotatable bonds is 4. The molecule has 1 saturated carbocycles. The van der Waals surface area contributed by atoms with Crippen molar-refractivity contribution in [1.82, 2.24) is 0 Å². The van der Waals surface area contributed by atoms with Crippen LogP contribution in [0.4, 0.5) is 5.69 Å². The fraction of sp³-hybridized carbons (Fsp3) is 0.562. The van der Waals surface area contributed by atoms with Crippen LogP contribution in [0.2, 0.25) is 5.02 Å². The molecule has 1 aromatic carbocycles. The van der Waals surface area contributed by atoms with Crippen LogP contribution in [-0.2, 0) is 4.74 Å². The number of nitrogens with one attached hydrogen (secondary N) is 1. The lowest BCUT2D eigenvalue weighted by Crippen LogP contribution is -2.61. The number of aliphatic imine (C=N–C) groups is 1. The summed E-state index contributed by atoms with van der Waals surface area (Å²) in [7, 11) is 3.32. The van der Waals surface area contributed by atoms with Gasteiger partial charge in [-0.3, -0.25) is 0 Å².